The van der Waals surface area contributed by atoms with Crippen molar-refractivity contribution in [2.45, 2.75) is 33.7 Å². The Morgan fingerprint density at radius 3 is 2.82 bits per heavy atom. The molecule has 1 N–H and O–H groups in total. The van der Waals surface area contributed by atoms with Crippen molar-refractivity contribution < 1.29 is 13.9 Å². The molecule has 0 spiro atoms. The first-order valence-corrected chi connectivity index (χ1v) is 5.72. The van der Waals surface area contributed by atoms with E-state index in [1.165, 1.54) is 7.11 Å². The van der Waals surface area contributed by atoms with E-state index in [9.17, 15) is 4.79 Å². The highest BCUT2D eigenvalue weighted by Crippen LogP contribution is 2.15. The zero-order valence-corrected chi connectivity index (χ0v) is 10.9. The first-order valence-electron chi connectivity index (χ1n) is 5.72. The zero-order valence-electron chi connectivity index (χ0n) is 10.9. The Kier molecular flexibility index (Phi) is 4.69. The van der Waals surface area contributed by atoms with Gasteiger partial charge in [0.05, 0.1) is 25.3 Å². The number of methoxy groups -OCH3 is 1. The van der Waals surface area contributed by atoms with Crippen molar-refractivity contribution in [2.24, 2.45) is 5.41 Å². The highest BCUT2D eigenvalue weighted by molar-refractivity contribution is 5.76. The molecule has 0 aliphatic heterocycles. The fourth-order valence-corrected chi connectivity index (χ4v) is 1.42. The predicted octanol–water partition coefficient (Wildman–Crippen LogP) is 1.53. The minimum absolute atomic E-state index is 0.230. The average Bonchev–Trinajstić information content (AvgIpc) is 2.75. The summed E-state index contributed by atoms with van der Waals surface area (Å²) in [4.78, 5) is 15.6. The molecule has 0 unspecified atom stereocenters. The second-order valence-corrected chi connectivity index (χ2v) is 4.55. The maximum atomic E-state index is 11.4. The molecule has 0 saturated carbocycles. The lowest BCUT2D eigenvalue weighted by molar-refractivity contribution is -0.150. The molecule has 17 heavy (non-hydrogen) atoms. The number of nitrogens with one attached hydrogen (secondary N) is 1. The van der Waals surface area contributed by atoms with E-state index in [-0.39, 0.29) is 5.97 Å². The van der Waals surface area contributed by atoms with Gasteiger partial charge in [0.15, 0.2) is 0 Å². The van der Waals surface area contributed by atoms with Crippen molar-refractivity contribution in [3.63, 3.8) is 0 Å². The maximum absolute atomic E-state index is 11.4. The highest BCUT2D eigenvalue weighted by Gasteiger charge is 2.28. The zero-order chi connectivity index (χ0) is 12.9. The van der Waals surface area contributed by atoms with Crippen molar-refractivity contribution in [1.82, 2.24) is 10.3 Å². The number of hydrogen-bond donors (Lipinski definition) is 1. The molecule has 0 saturated heterocycles. The molecule has 1 heterocycles. The molecule has 0 aromatic carbocycles. The molecule has 5 nitrogen and oxygen atoms in total. The Hall–Kier alpha value is -1.36. The molecule has 1 rings (SSSR count). The lowest BCUT2D eigenvalue weighted by atomic mass is 9.94. The number of oxazole rings is 1. The fraction of sp³-hybridized carbons (Fsp3) is 0.667. The Morgan fingerprint density at radius 2 is 2.29 bits per heavy atom. The third-order valence-corrected chi connectivity index (χ3v) is 2.53. The van der Waals surface area contributed by atoms with Crippen LogP contribution in [-0.4, -0.2) is 24.6 Å². The molecule has 5 heteroatoms. The van der Waals surface area contributed by atoms with Gasteiger partial charge in [-0.05, 0) is 13.8 Å². The standard InChI is InChI=1S/C12H20N2O3/c1-5-9-6-14-10(17-9)7-13-8-12(2,3)11(15)16-4/h6,13H,5,7-8H2,1-4H3. The first-order chi connectivity index (χ1) is 7.99. The van der Waals surface area contributed by atoms with Crippen molar-refractivity contribution in [2.75, 3.05) is 13.7 Å². The van der Waals surface area contributed by atoms with E-state index in [0.717, 1.165) is 12.2 Å². The second-order valence-electron chi connectivity index (χ2n) is 4.55. The molecular formula is C12H20N2O3. The van der Waals surface area contributed by atoms with Crippen LogP contribution in [0.25, 0.3) is 0 Å². The summed E-state index contributed by atoms with van der Waals surface area (Å²) in [7, 11) is 1.39. The minimum atomic E-state index is -0.547. The van der Waals surface area contributed by atoms with Gasteiger partial charge in [0.1, 0.15) is 5.76 Å². The van der Waals surface area contributed by atoms with Gasteiger partial charge in [-0.2, -0.15) is 0 Å². The Labute approximate surface area is 102 Å². The normalized spacial score (nSPS) is 11.5. The van der Waals surface area contributed by atoms with Gasteiger partial charge in [-0.3, -0.25) is 4.79 Å². The van der Waals surface area contributed by atoms with Crippen LogP contribution in [0.3, 0.4) is 0 Å². The van der Waals surface area contributed by atoms with Crippen LogP contribution in [0, 0.1) is 5.41 Å². The quantitative estimate of drug-likeness (QED) is 0.764. The molecule has 0 aliphatic rings. The molecule has 96 valence electrons. The van der Waals surface area contributed by atoms with Gasteiger partial charge in [-0.25, -0.2) is 4.98 Å². The van der Waals surface area contributed by atoms with Crippen LogP contribution in [0.2, 0.25) is 0 Å². The van der Waals surface area contributed by atoms with E-state index >= 15 is 0 Å². The van der Waals surface area contributed by atoms with Gasteiger partial charge in [0.2, 0.25) is 5.89 Å². The number of aromatic nitrogens is 1. The van der Waals surface area contributed by atoms with Gasteiger partial charge in [-0.1, -0.05) is 6.92 Å². The molecule has 1 aromatic heterocycles. The number of ether oxygens (including phenoxy) is 1. The number of esters is 1. The van der Waals surface area contributed by atoms with Crippen LogP contribution in [-0.2, 0) is 22.5 Å². The number of nitrogens with zero attached hydrogens (tertiary/aromatic N) is 1. The monoisotopic (exact) mass is 240 g/mol. The van der Waals surface area contributed by atoms with Crippen molar-refractivity contribution >= 4 is 5.97 Å². The van der Waals surface area contributed by atoms with E-state index in [2.05, 4.69) is 10.3 Å². The van der Waals surface area contributed by atoms with Gasteiger partial charge in [-0.15, -0.1) is 0 Å². The summed E-state index contributed by atoms with van der Waals surface area (Å²) in [6.07, 6.45) is 2.56. The smallest absolute Gasteiger partial charge is 0.312 e. The molecule has 0 radical (unpaired) electrons. The topological polar surface area (TPSA) is 64.4 Å². The van der Waals surface area contributed by atoms with Crippen molar-refractivity contribution in [3.05, 3.63) is 17.8 Å². The number of carbonyl (C=O) groups excluding carboxylic acids is 1. The third-order valence-electron chi connectivity index (χ3n) is 2.53. The minimum Gasteiger partial charge on any atom is -0.469 e. The predicted molar refractivity (Wildman–Crippen MR) is 63.4 cm³/mol. The van der Waals surface area contributed by atoms with Gasteiger partial charge in [0.25, 0.3) is 0 Å². The first kappa shape index (κ1) is 13.7. The lowest BCUT2D eigenvalue weighted by Gasteiger charge is -2.21. The molecular weight excluding hydrogens is 220 g/mol. The molecule has 0 fully saturated rings. The summed E-state index contributed by atoms with van der Waals surface area (Å²) in [5, 5.41) is 3.14. The van der Waals surface area contributed by atoms with Crippen LogP contribution in [0.1, 0.15) is 32.4 Å². The summed E-state index contributed by atoms with van der Waals surface area (Å²) in [5.74, 6) is 1.28. The van der Waals surface area contributed by atoms with E-state index in [4.69, 9.17) is 9.15 Å². The number of rotatable bonds is 6. The summed E-state index contributed by atoms with van der Waals surface area (Å²) < 4.78 is 10.2. The maximum Gasteiger partial charge on any atom is 0.312 e. The van der Waals surface area contributed by atoms with Crippen LogP contribution in [0.5, 0.6) is 0 Å². The van der Waals surface area contributed by atoms with Crippen LogP contribution < -0.4 is 5.32 Å². The molecule has 1 aromatic rings. The number of carbonyl (C=O) groups is 1. The van der Waals surface area contributed by atoms with Gasteiger partial charge >= 0.3 is 5.97 Å². The van der Waals surface area contributed by atoms with Crippen molar-refractivity contribution in [3.8, 4) is 0 Å². The van der Waals surface area contributed by atoms with Crippen LogP contribution >= 0.6 is 0 Å². The second kappa shape index (κ2) is 5.82. The average molecular weight is 240 g/mol. The summed E-state index contributed by atoms with van der Waals surface area (Å²) in [6, 6.07) is 0. The van der Waals surface area contributed by atoms with Crippen LogP contribution in [0.15, 0.2) is 10.6 Å². The third kappa shape index (κ3) is 3.85. The van der Waals surface area contributed by atoms with E-state index in [0.29, 0.717) is 19.0 Å². The Morgan fingerprint density at radius 1 is 1.59 bits per heavy atom. The largest absolute Gasteiger partial charge is 0.469 e. The SMILES string of the molecule is CCc1cnc(CNCC(C)(C)C(=O)OC)o1. The summed E-state index contributed by atoms with van der Waals surface area (Å²) >= 11 is 0. The summed E-state index contributed by atoms with van der Waals surface area (Å²) in [6.45, 7) is 6.71. The number of hydrogen-bond acceptors (Lipinski definition) is 5. The molecule has 0 atom stereocenters. The number of aryl methyl sites for hydroxylation is 1. The highest BCUT2D eigenvalue weighted by atomic mass is 16.5. The lowest BCUT2D eigenvalue weighted by Crippen LogP contribution is -2.36. The molecule has 0 amide bonds. The van der Waals surface area contributed by atoms with E-state index < -0.39 is 5.41 Å². The van der Waals surface area contributed by atoms with E-state index in [1.54, 1.807) is 6.20 Å². The van der Waals surface area contributed by atoms with Gasteiger partial charge < -0.3 is 14.5 Å². The Bertz CT molecular complexity index is 372. The van der Waals surface area contributed by atoms with Crippen molar-refractivity contribution in [1.29, 1.82) is 0 Å². The molecule has 0 bridgehead atoms. The van der Waals surface area contributed by atoms with Crippen LogP contribution in [0.4, 0.5) is 0 Å². The summed E-state index contributed by atoms with van der Waals surface area (Å²) in [5.41, 5.74) is -0.547. The molecule has 0 aliphatic carbocycles. The Balaban J connectivity index is 2.39. The van der Waals surface area contributed by atoms with Gasteiger partial charge in [0, 0.05) is 13.0 Å². The fourth-order valence-electron chi connectivity index (χ4n) is 1.42. The van der Waals surface area contributed by atoms with E-state index in [1.807, 2.05) is 20.8 Å².